The van der Waals surface area contributed by atoms with E-state index in [2.05, 4.69) is 10.2 Å². The molecule has 0 spiro atoms. The summed E-state index contributed by atoms with van der Waals surface area (Å²) in [7, 11) is -5.59. The van der Waals surface area contributed by atoms with Crippen LogP contribution in [-0.2, 0) is 31.2 Å². The minimum atomic E-state index is -5.59. The van der Waals surface area contributed by atoms with E-state index in [0.29, 0.717) is 0 Å². The SMILES string of the molecule is Cc1c[c-]ccc1OS(=O)(=O)C(F)(F)F.[W]. The Labute approximate surface area is 105 Å². The normalized spacial score (nSPS) is 11.8. The van der Waals surface area contributed by atoms with Gasteiger partial charge in [0.15, 0.2) is 0 Å². The second kappa shape index (κ2) is 5.19. The Balaban J connectivity index is 0.00000225. The number of benzene rings is 1. The molecule has 16 heavy (non-hydrogen) atoms. The van der Waals surface area contributed by atoms with E-state index in [1.807, 2.05) is 0 Å². The first kappa shape index (κ1) is 15.4. The third-order valence-electron chi connectivity index (χ3n) is 1.50. The van der Waals surface area contributed by atoms with Crippen molar-refractivity contribution in [1.82, 2.24) is 0 Å². The van der Waals surface area contributed by atoms with Crippen LogP contribution in [0.4, 0.5) is 13.2 Å². The van der Waals surface area contributed by atoms with E-state index in [1.54, 1.807) is 0 Å². The van der Waals surface area contributed by atoms with Crippen LogP contribution in [0.25, 0.3) is 0 Å². The van der Waals surface area contributed by atoms with Gasteiger partial charge in [0.1, 0.15) is 0 Å². The quantitative estimate of drug-likeness (QED) is 0.416. The Morgan fingerprint density at radius 1 is 1.38 bits per heavy atom. The predicted molar refractivity (Wildman–Crippen MR) is 45.6 cm³/mol. The molecule has 90 valence electrons. The van der Waals surface area contributed by atoms with Gasteiger partial charge in [-0.15, -0.1) is 11.6 Å². The average Bonchev–Trinajstić information content (AvgIpc) is 2.06. The molecule has 0 aliphatic heterocycles. The van der Waals surface area contributed by atoms with E-state index < -0.39 is 15.6 Å². The smallest absolute Gasteiger partial charge is 0.402 e. The van der Waals surface area contributed by atoms with Crippen molar-refractivity contribution >= 4 is 10.1 Å². The van der Waals surface area contributed by atoms with Gasteiger partial charge in [-0.2, -0.15) is 39.8 Å². The minimum absolute atomic E-state index is 0. The summed E-state index contributed by atoms with van der Waals surface area (Å²) in [6.45, 7) is 1.41. The van der Waals surface area contributed by atoms with E-state index in [0.717, 1.165) is 6.07 Å². The van der Waals surface area contributed by atoms with Gasteiger partial charge in [-0.25, -0.2) is 0 Å². The van der Waals surface area contributed by atoms with Crippen molar-refractivity contribution < 1.29 is 46.8 Å². The molecule has 0 atom stereocenters. The van der Waals surface area contributed by atoms with E-state index in [4.69, 9.17) is 0 Å². The molecule has 0 fully saturated rings. The summed E-state index contributed by atoms with van der Waals surface area (Å²) in [5.41, 5.74) is -5.16. The van der Waals surface area contributed by atoms with Crippen LogP contribution in [0.15, 0.2) is 18.2 Å². The van der Waals surface area contributed by atoms with E-state index in [9.17, 15) is 21.6 Å². The van der Waals surface area contributed by atoms with Gasteiger partial charge < -0.3 is 4.18 Å². The maximum atomic E-state index is 11.9. The van der Waals surface area contributed by atoms with E-state index in [-0.39, 0.29) is 32.4 Å². The Morgan fingerprint density at radius 2 is 1.94 bits per heavy atom. The van der Waals surface area contributed by atoms with Crippen molar-refractivity contribution in [1.29, 1.82) is 0 Å². The van der Waals surface area contributed by atoms with Crippen molar-refractivity contribution in [3.05, 3.63) is 29.8 Å². The number of halogens is 3. The Hall–Kier alpha value is -0.552. The number of rotatable bonds is 2. The van der Waals surface area contributed by atoms with E-state index in [1.165, 1.54) is 19.1 Å². The molecule has 0 aliphatic carbocycles. The summed E-state index contributed by atoms with van der Waals surface area (Å²) in [5, 5.41) is 0. The third kappa shape index (κ3) is 3.49. The molecule has 1 aromatic carbocycles. The zero-order chi connectivity index (χ0) is 11.7. The molecule has 0 saturated carbocycles. The molecule has 0 unspecified atom stereocenters. The van der Waals surface area contributed by atoms with Crippen LogP contribution in [0, 0.1) is 13.0 Å². The fourth-order valence-electron chi connectivity index (χ4n) is 0.758. The van der Waals surface area contributed by atoms with Crippen LogP contribution in [0.3, 0.4) is 0 Å². The Kier molecular flexibility index (Phi) is 5.01. The van der Waals surface area contributed by atoms with Crippen LogP contribution < -0.4 is 4.18 Å². The zero-order valence-corrected chi connectivity index (χ0v) is 11.7. The van der Waals surface area contributed by atoms with Gasteiger partial charge in [-0.1, -0.05) is 6.92 Å². The zero-order valence-electron chi connectivity index (χ0n) is 7.91. The minimum Gasteiger partial charge on any atom is -0.402 e. The molecule has 0 saturated heterocycles. The van der Waals surface area contributed by atoms with Gasteiger partial charge in [0.25, 0.3) is 0 Å². The van der Waals surface area contributed by atoms with Crippen LogP contribution >= 0.6 is 0 Å². The van der Waals surface area contributed by atoms with Gasteiger partial charge >= 0.3 is 15.6 Å². The molecule has 0 radical (unpaired) electrons. The van der Waals surface area contributed by atoms with Gasteiger partial charge in [0.05, 0.1) is 0 Å². The van der Waals surface area contributed by atoms with Gasteiger partial charge in [0.2, 0.25) is 0 Å². The third-order valence-corrected chi connectivity index (χ3v) is 2.47. The van der Waals surface area contributed by atoms with Crippen LogP contribution in [0.2, 0.25) is 0 Å². The number of hydrogen-bond donors (Lipinski definition) is 0. The number of aryl methyl sites for hydroxylation is 1. The second-order valence-corrected chi connectivity index (χ2v) is 4.21. The largest absolute Gasteiger partial charge is 0.534 e. The monoisotopic (exact) mass is 423 g/mol. The van der Waals surface area contributed by atoms with Crippen LogP contribution in [-0.4, -0.2) is 13.9 Å². The van der Waals surface area contributed by atoms with Crippen LogP contribution in [0.1, 0.15) is 5.56 Å². The summed E-state index contributed by atoms with van der Waals surface area (Å²) < 4.78 is 60.9. The molecule has 0 amide bonds. The van der Waals surface area contributed by atoms with Crippen molar-refractivity contribution in [2.45, 2.75) is 12.4 Å². The first-order valence-electron chi connectivity index (χ1n) is 3.71. The maximum absolute atomic E-state index is 11.9. The molecule has 0 heterocycles. The molecule has 3 nitrogen and oxygen atoms in total. The topological polar surface area (TPSA) is 43.4 Å². The molecular formula is C8H6F3O3SW-. The number of hydrogen-bond acceptors (Lipinski definition) is 3. The van der Waals surface area contributed by atoms with E-state index >= 15 is 0 Å². The van der Waals surface area contributed by atoms with Gasteiger partial charge in [-0.3, -0.25) is 0 Å². The summed E-state index contributed by atoms with van der Waals surface area (Å²) in [6, 6.07) is 6.24. The Bertz CT molecular complexity index is 456. The Morgan fingerprint density at radius 3 is 2.38 bits per heavy atom. The van der Waals surface area contributed by atoms with Gasteiger partial charge in [0, 0.05) is 26.8 Å². The first-order chi connectivity index (χ1) is 6.74. The molecule has 0 aromatic heterocycles. The van der Waals surface area contributed by atoms with Crippen molar-refractivity contribution in [3.63, 3.8) is 0 Å². The predicted octanol–water partition coefficient (Wildman–Crippen LogP) is 2.02. The molecule has 0 N–H and O–H groups in total. The van der Waals surface area contributed by atoms with Crippen molar-refractivity contribution in [2.24, 2.45) is 0 Å². The maximum Gasteiger partial charge on any atom is 0.534 e. The summed E-state index contributed by atoms with van der Waals surface area (Å²) in [5.74, 6) is -0.355. The van der Waals surface area contributed by atoms with Gasteiger partial charge in [-0.05, 0) is 0 Å². The average molecular weight is 423 g/mol. The summed E-state index contributed by atoms with van der Waals surface area (Å²) >= 11 is 0. The second-order valence-electron chi connectivity index (χ2n) is 2.67. The molecule has 0 aliphatic rings. The van der Waals surface area contributed by atoms with Crippen molar-refractivity contribution in [3.8, 4) is 5.75 Å². The summed E-state index contributed by atoms with van der Waals surface area (Å²) in [4.78, 5) is 0. The number of alkyl halides is 3. The molecule has 0 bridgehead atoms. The molecule has 8 heteroatoms. The molecular weight excluding hydrogens is 417 g/mol. The van der Waals surface area contributed by atoms with Crippen molar-refractivity contribution in [2.75, 3.05) is 0 Å². The van der Waals surface area contributed by atoms with Crippen LogP contribution in [0.5, 0.6) is 5.75 Å². The standard InChI is InChI=1S/C8H6F3O3S.W/c1-6-4-2-3-5-7(6)14-15(12,13)8(9,10)11;/h3-5H,1H3;/q-1;. The molecule has 1 aromatic rings. The molecule has 1 rings (SSSR count). The summed E-state index contributed by atoms with van der Waals surface area (Å²) in [6.07, 6.45) is 0. The fraction of sp³-hybridized carbons (Fsp3) is 0.250. The fourth-order valence-corrected chi connectivity index (χ4v) is 1.28. The first-order valence-corrected chi connectivity index (χ1v) is 5.12.